The van der Waals surface area contributed by atoms with Gasteiger partial charge in [0.15, 0.2) is 0 Å². The summed E-state index contributed by atoms with van der Waals surface area (Å²) >= 11 is 0. The number of likely N-dealkylation sites (tertiary alicyclic amines) is 1. The van der Waals surface area contributed by atoms with Crippen LogP contribution in [0.15, 0.2) is 42.9 Å². The van der Waals surface area contributed by atoms with Crippen LogP contribution in [0, 0.1) is 13.8 Å². The Hall–Kier alpha value is -3.67. The maximum atomic E-state index is 6.01. The molecule has 6 heterocycles. The van der Waals surface area contributed by atoms with Crippen molar-refractivity contribution in [1.29, 1.82) is 0 Å². The van der Waals surface area contributed by atoms with Gasteiger partial charge in [0.1, 0.15) is 0 Å². The molecule has 6 rings (SSSR count). The van der Waals surface area contributed by atoms with E-state index in [-0.39, 0.29) is 24.3 Å². The number of pyridine rings is 3. The summed E-state index contributed by atoms with van der Waals surface area (Å²) in [7, 11) is 2.79. The molecule has 0 spiro atoms. The van der Waals surface area contributed by atoms with E-state index in [1.54, 1.807) is 13.3 Å². The molecule has 11 heteroatoms. The number of fused-ring (bicyclic) bond motifs is 1. The molecule has 2 aliphatic heterocycles. The molecule has 0 aliphatic carbocycles. The topological polar surface area (TPSA) is 105 Å². The zero-order valence-corrected chi connectivity index (χ0v) is 27.9. The minimum Gasteiger partial charge on any atom is -0.480 e. The van der Waals surface area contributed by atoms with E-state index in [2.05, 4.69) is 63.6 Å². The van der Waals surface area contributed by atoms with Crippen LogP contribution in [-0.4, -0.2) is 82.0 Å². The number of piperidine rings is 1. The predicted molar refractivity (Wildman–Crippen MR) is 177 cm³/mol. The minimum atomic E-state index is -0.312. The van der Waals surface area contributed by atoms with Gasteiger partial charge in [0.05, 0.1) is 42.0 Å². The number of rotatable bonds is 7. The second-order valence-electron chi connectivity index (χ2n) is 12.8. The van der Waals surface area contributed by atoms with E-state index in [0.717, 1.165) is 52.0 Å². The Morgan fingerprint density at radius 1 is 0.822 bits per heavy atom. The fourth-order valence-electron chi connectivity index (χ4n) is 5.52. The van der Waals surface area contributed by atoms with Crippen molar-refractivity contribution in [3.8, 4) is 23.0 Å². The third-order valence-corrected chi connectivity index (χ3v) is 8.95. The molecule has 2 fully saturated rings. The van der Waals surface area contributed by atoms with Crippen molar-refractivity contribution in [3.05, 3.63) is 59.8 Å². The normalized spacial score (nSPS) is 17.6. The molecule has 0 radical (unpaired) electrons. The van der Waals surface area contributed by atoms with E-state index in [1.165, 1.54) is 45.0 Å². The van der Waals surface area contributed by atoms with E-state index in [4.69, 9.17) is 18.8 Å². The number of ether oxygens (including phenoxy) is 2. The first kappa shape index (κ1) is 32.7. The molecule has 238 valence electrons. The van der Waals surface area contributed by atoms with Crippen LogP contribution >= 0.6 is 0 Å². The van der Waals surface area contributed by atoms with Gasteiger partial charge in [-0.25, -0.2) is 4.98 Å². The molecule has 45 heavy (non-hydrogen) atoms. The van der Waals surface area contributed by atoms with Crippen LogP contribution in [0.4, 0.5) is 0 Å². The minimum absolute atomic E-state index is 0.269. The van der Waals surface area contributed by atoms with Crippen molar-refractivity contribution in [1.82, 2.24) is 29.8 Å². The van der Waals surface area contributed by atoms with Gasteiger partial charge in [-0.3, -0.25) is 15.0 Å². The van der Waals surface area contributed by atoms with Crippen LogP contribution in [0.3, 0.4) is 0 Å². The molecule has 0 amide bonds. The second-order valence-corrected chi connectivity index (χ2v) is 12.8. The highest BCUT2D eigenvalue weighted by atomic mass is 16.7. The van der Waals surface area contributed by atoms with Gasteiger partial charge in [0.25, 0.3) is 0 Å². The first-order valence-electron chi connectivity index (χ1n) is 15.7. The molecule has 2 aliphatic rings. The summed E-state index contributed by atoms with van der Waals surface area (Å²) in [6.07, 6.45) is 10.5. The van der Waals surface area contributed by atoms with Crippen molar-refractivity contribution in [3.63, 3.8) is 0 Å². The average Bonchev–Trinajstić information content (AvgIpc) is 3.25. The number of aromatic nitrogens is 5. The number of methoxy groups -OCH3 is 2. The Kier molecular flexibility index (Phi) is 10.0. The highest BCUT2D eigenvalue weighted by Crippen LogP contribution is 2.36. The Morgan fingerprint density at radius 2 is 1.51 bits per heavy atom. The predicted octanol–water partition coefficient (Wildman–Crippen LogP) is 5.13. The Morgan fingerprint density at radius 3 is 2.18 bits per heavy atom. The molecule has 0 N–H and O–H groups in total. The smallest absolute Gasteiger partial charge is 0.480 e. The Bertz CT molecular complexity index is 1610. The van der Waals surface area contributed by atoms with Crippen LogP contribution in [0.5, 0.6) is 11.9 Å². The number of aryl methyl sites for hydroxylation is 2. The van der Waals surface area contributed by atoms with Gasteiger partial charge < -0.3 is 23.7 Å². The third-order valence-electron chi connectivity index (χ3n) is 8.95. The van der Waals surface area contributed by atoms with Crippen LogP contribution in [0.2, 0.25) is 0 Å². The van der Waals surface area contributed by atoms with Crippen molar-refractivity contribution in [2.24, 2.45) is 0 Å². The van der Waals surface area contributed by atoms with E-state index >= 15 is 0 Å². The molecule has 0 aromatic carbocycles. The van der Waals surface area contributed by atoms with Gasteiger partial charge in [0, 0.05) is 47.5 Å². The van der Waals surface area contributed by atoms with Crippen LogP contribution in [0.25, 0.3) is 22.2 Å². The summed E-state index contributed by atoms with van der Waals surface area (Å²) in [6.45, 7) is 15.7. The van der Waals surface area contributed by atoms with Crippen molar-refractivity contribution in [2.75, 3.05) is 33.9 Å². The summed E-state index contributed by atoms with van der Waals surface area (Å²) in [5.74, 6) is 0.450. The summed E-state index contributed by atoms with van der Waals surface area (Å²) in [5, 5.41) is 0. The van der Waals surface area contributed by atoms with Gasteiger partial charge in [-0.2, -0.15) is 4.98 Å². The van der Waals surface area contributed by atoms with Crippen LogP contribution in [0.1, 0.15) is 63.9 Å². The standard InChI is InChI=1S/C21H25N5O2.C13H20BNO2/c1-27-20-17(14-24-21(25-20)28-2)16-11-19-18(23-13-16)10-15(12-22-19)6-9-26-7-4-3-5-8-26;1-9-7-8-11(10(2)15-9)14-16-12(3,4)13(5,6)17-14/h10-14H,3-9H2,1-2H3;7-8H,1-6H3. The van der Waals surface area contributed by atoms with Crippen molar-refractivity contribution < 1.29 is 18.8 Å². The monoisotopic (exact) mass is 612 g/mol. The average molecular weight is 613 g/mol. The van der Waals surface area contributed by atoms with E-state index in [9.17, 15) is 0 Å². The van der Waals surface area contributed by atoms with Crippen LogP contribution in [-0.2, 0) is 15.7 Å². The lowest BCUT2D eigenvalue weighted by Gasteiger charge is -2.32. The quantitative estimate of drug-likeness (QED) is 0.261. The molecule has 0 saturated carbocycles. The number of hydrogen-bond acceptors (Lipinski definition) is 10. The number of hydrogen-bond donors (Lipinski definition) is 0. The SMILES string of the molecule is COc1ncc(-c2cnc3cc(CCN4CCCCC4)cnc3c2)c(OC)n1.Cc1ccc(B2OC(C)(C)C(C)(C)O2)c(C)n1. The zero-order chi connectivity index (χ0) is 32.2. The van der Waals surface area contributed by atoms with Gasteiger partial charge in [-0.05, 0) is 97.7 Å². The van der Waals surface area contributed by atoms with E-state index in [1.807, 2.05) is 44.4 Å². The molecule has 0 bridgehead atoms. The van der Waals surface area contributed by atoms with Gasteiger partial charge in [-0.15, -0.1) is 0 Å². The summed E-state index contributed by atoms with van der Waals surface area (Å²) < 4.78 is 22.5. The lowest BCUT2D eigenvalue weighted by molar-refractivity contribution is 0.00578. The van der Waals surface area contributed by atoms with Gasteiger partial charge in [-0.1, -0.05) is 12.5 Å². The highest BCUT2D eigenvalue weighted by Gasteiger charge is 2.52. The first-order chi connectivity index (χ1) is 21.5. The van der Waals surface area contributed by atoms with Crippen molar-refractivity contribution >= 4 is 23.6 Å². The van der Waals surface area contributed by atoms with E-state index in [0.29, 0.717) is 5.88 Å². The zero-order valence-electron chi connectivity index (χ0n) is 27.9. The third kappa shape index (κ3) is 7.60. The molecular weight excluding hydrogens is 567 g/mol. The maximum absolute atomic E-state index is 6.01. The molecule has 4 aromatic rings. The Balaban J connectivity index is 0.000000201. The largest absolute Gasteiger partial charge is 0.496 e. The van der Waals surface area contributed by atoms with Gasteiger partial charge in [0.2, 0.25) is 5.88 Å². The molecular formula is C34H45BN6O4. The van der Waals surface area contributed by atoms with Gasteiger partial charge >= 0.3 is 13.1 Å². The first-order valence-corrected chi connectivity index (χ1v) is 15.7. The second kappa shape index (κ2) is 13.8. The van der Waals surface area contributed by atoms with E-state index < -0.39 is 0 Å². The molecule has 0 atom stereocenters. The van der Waals surface area contributed by atoms with Crippen LogP contribution < -0.4 is 14.9 Å². The molecule has 10 nitrogen and oxygen atoms in total. The lowest BCUT2D eigenvalue weighted by Crippen LogP contribution is -2.41. The number of nitrogens with zero attached hydrogens (tertiary/aromatic N) is 6. The highest BCUT2D eigenvalue weighted by molar-refractivity contribution is 6.62. The summed E-state index contributed by atoms with van der Waals surface area (Å²) in [6, 6.07) is 8.43. The molecule has 0 unspecified atom stereocenters. The molecule has 2 saturated heterocycles. The maximum Gasteiger partial charge on any atom is 0.496 e. The summed E-state index contributed by atoms with van der Waals surface area (Å²) in [5.41, 5.74) is 7.01. The fraction of sp³-hybridized carbons (Fsp3) is 0.500. The Labute approximate surface area is 267 Å². The van der Waals surface area contributed by atoms with Crippen molar-refractivity contribution in [2.45, 2.75) is 78.4 Å². The summed E-state index contributed by atoms with van der Waals surface area (Å²) in [4.78, 5) is 24.7. The fourth-order valence-corrected chi connectivity index (χ4v) is 5.52. The lowest BCUT2D eigenvalue weighted by atomic mass is 9.78. The molecule has 4 aromatic heterocycles.